The summed E-state index contributed by atoms with van der Waals surface area (Å²) in [6, 6.07) is 2.76. The molecule has 0 atom stereocenters. The molecule has 0 saturated carbocycles. The van der Waals surface area contributed by atoms with Crippen molar-refractivity contribution in [2.75, 3.05) is 26.3 Å². The molecule has 102 valence electrons. The van der Waals surface area contributed by atoms with Crippen LogP contribution >= 0.6 is 0 Å². The number of benzene rings is 1. The van der Waals surface area contributed by atoms with Crippen LogP contribution in [-0.2, 0) is 9.53 Å². The summed E-state index contributed by atoms with van der Waals surface area (Å²) in [6.07, 6.45) is 0.208. The van der Waals surface area contributed by atoms with Gasteiger partial charge in [0.1, 0.15) is 11.6 Å². The molecule has 1 heterocycles. The number of Topliss-reactive ketones (excluding diaryl/α,β-unsaturated/α-hetero) is 1. The van der Waals surface area contributed by atoms with Crippen LogP contribution in [0, 0.1) is 11.6 Å². The van der Waals surface area contributed by atoms with Gasteiger partial charge in [-0.25, -0.2) is 8.78 Å². The van der Waals surface area contributed by atoms with Gasteiger partial charge in [-0.15, -0.1) is 0 Å². The van der Waals surface area contributed by atoms with Gasteiger partial charge in [0.2, 0.25) is 5.91 Å². The van der Waals surface area contributed by atoms with Gasteiger partial charge in [-0.1, -0.05) is 0 Å². The first-order chi connectivity index (χ1) is 9.08. The van der Waals surface area contributed by atoms with Crippen molar-refractivity contribution in [3.05, 3.63) is 35.4 Å². The highest BCUT2D eigenvalue weighted by atomic mass is 19.1. The highest BCUT2D eigenvalue weighted by Crippen LogP contribution is 2.12. The molecule has 19 heavy (non-hydrogen) atoms. The van der Waals surface area contributed by atoms with Crippen LogP contribution in [0.25, 0.3) is 0 Å². The standard InChI is InChI=1S/C13H13F2NO3/c14-9-1-2-10(11(15)7-9)12(17)8-16-4-6-19-5-3-13(16)18/h1-2,7H,3-6,8H2. The Morgan fingerprint density at radius 3 is 2.84 bits per heavy atom. The summed E-state index contributed by atoms with van der Waals surface area (Å²) in [5, 5.41) is 0. The lowest BCUT2D eigenvalue weighted by atomic mass is 10.1. The molecule has 0 radical (unpaired) electrons. The van der Waals surface area contributed by atoms with Crippen molar-refractivity contribution in [2.24, 2.45) is 0 Å². The van der Waals surface area contributed by atoms with E-state index in [1.807, 2.05) is 0 Å². The van der Waals surface area contributed by atoms with E-state index in [1.165, 1.54) is 4.90 Å². The fraction of sp³-hybridized carbons (Fsp3) is 0.385. The van der Waals surface area contributed by atoms with Gasteiger partial charge in [0.15, 0.2) is 5.78 Å². The lowest BCUT2D eigenvalue weighted by Gasteiger charge is -2.18. The summed E-state index contributed by atoms with van der Waals surface area (Å²) >= 11 is 0. The van der Waals surface area contributed by atoms with E-state index < -0.39 is 17.4 Å². The lowest BCUT2D eigenvalue weighted by Crippen LogP contribution is -2.36. The summed E-state index contributed by atoms with van der Waals surface area (Å²) in [5.74, 6) is -2.40. The number of rotatable bonds is 3. The number of carbonyl (C=O) groups excluding carboxylic acids is 2. The minimum atomic E-state index is -0.913. The Morgan fingerprint density at radius 2 is 2.11 bits per heavy atom. The maximum atomic E-state index is 13.4. The summed E-state index contributed by atoms with van der Waals surface area (Å²) in [5.41, 5.74) is -0.209. The van der Waals surface area contributed by atoms with Gasteiger partial charge in [-0.2, -0.15) is 0 Å². The quantitative estimate of drug-likeness (QED) is 0.779. The van der Waals surface area contributed by atoms with E-state index >= 15 is 0 Å². The van der Waals surface area contributed by atoms with Crippen LogP contribution in [0.15, 0.2) is 18.2 Å². The Bertz CT molecular complexity index is 505. The van der Waals surface area contributed by atoms with Gasteiger partial charge in [-0.05, 0) is 12.1 Å². The molecule has 1 aromatic rings. The van der Waals surface area contributed by atoms with Crippen LogP contribution in [0.2, 0.25) is 0 Å². The normalized spacial score (nSPS) is 16.3. The van der Waals surface area contributed by atoms with Gasteiger partial charge in [0.25, 0.3) is 0 Å². The summed E-state index contributed by atoms with van der Waals surface area (Å²) in [4.78, 5) is 24.9. The van der Waals surface area contributed by atoms with Crippen molar-refractivity contribution in [3.63, 3.8) is 0 Å². The molecule has 1 amide bonds. The van der Waals surface area contributed by atoms with Gasteiger partial charge >= 0.3 is 0 Å². The Hall–Kier alpha value is -1.82. The third-order valence-corrected chi connectivity index (χ3v) is 2.88. The Morgan fingerprint density at radius 1 is 1.32 bits per heavy atom. The Balaban J connectivity index is 2.09. The molecule has 1 aromatic carbocycles. The number of hydrogen-bond donors (Lipinski definition) is 0. The van der Waals surface area contributed by atoms with Crippen LogP contribution in [0.1, 0.15) is 16.8 Å². The zero-order valence-corrected chi connectivity index (χ0v) is 10.2. The number of nitrogens with zero attached hydrogens (tertiary/aromatic N) is 1. The molecule has 1 aliphatic heterocycles. The number of halogens is 2. The van der Waals surface area contributed by atoms with Crippen LogP contribution < -0.4 is 0 Å². The number of ketones is 1. The first-order valence-corrected chi connectivity index (χ1v) is 5.91. The van der Waals surface area contributed by atoms with E-state index in [-0.39, 0.29) is 24.4 Å². The molecule has 1 fully saturated rings. The van der Waals surface area contributed by atoms with Gasteiger partial charge in [0, 0.05) is 12.6 Å². The molecule has 0 aliphatic carbocycles. The van der Waals surface area contributed by atoms with E-state index in [1.54, 1.807) is 0 Å². The molecule has 0 aromatic heterocycles. The first-order valence-electron chi connectivity index (χ1n) is 5.91. The second-order valence-corrected chi connectivity index (χ2v) is 4.23. The predicted molar refractivity (Wildman–Crippen MR) is 62.7 cm³/mol. The monoisotopic (exact) mass is 269 g/mol. The summed E-state index contributed by atoms with van der Waals surface area (Å²) < 4.78 is 31.3. The van der Waals surface area contributed by atoms with Crippen LogP contribution in [0.5, 0.6) is 0 Å². The van der Waals surface area contributed by atoms with Gasteiger partial charge < -0.3 is 9.64 Å². The molecule has 1 aliphatic rings. The molecule has 1 saturated heterocycles. The first kappa shape index (κ1) is 13.6. The smallest absolute Gasteiger partial charge is 0.225 e. The molecule has 0 unspecified atom stereocenters. The molecule has 0 N–H and O–H groups in total. The molecule has 0 spiro atoms. The second kappa shape index (κ2) is 5.88. The summed E-state index contributed by atoms with van der Waals surface area (Å²) in [7, 11) is 0. The maximum Gasteiger partial charge on any atom is 0.225 e. The zero-order chi connectivity index (χ0) is 13.8. The van der Waals surface area contributed by atoms with Crippen molar-refractivity contribution < 1.29 is 23.1 Å². The summed E-state index contributed by atoms with van der Waals surface area (Å²) in [6.45, 7) is 0.761. The third kappa shape index (κ3) is 3.35. The Kier molecular flexibility index (Phi) is 4.21. The maximum absolute atomic E-state index is 13.4. The number of amides is 1. The van der Waals surface area contributed by atoms with Crippen molar-refractivity contribution in [2.45, 2.75) is 6.42 Å². The fourth-order valence-corrected chi connectivity index (χ4v) is 1.86. The number of carbonyl (C=O) groups is 2. The van der Waals surface area contributed by atoms with Crippen molar-refractivity contribution in [1.82, 2.24) is 4.90 Å². The fourth-order valence-electron chi connectivity index (χ4n) is 1.86. The molecule has 6 heteroatoms. The van der Waals surface area contributed by atoms with E-state index in [9.17, 15) is 18.4 Å². The lowest BCUT2D eigenvalue weighted by molar-refractivity contribution is -0.129. The van der Waals surface area contributed by atoms with Crippen LogP contribution in [0.4, 0.5) is 8.78 Å². The number of hydrogen-bond acceptors (Lipinski definition) is 3. The number of ether oxygens (including phenoxy) is 1. The van der Waals surface area contributed by atoms with Crippen molar-refractivity contribution in [1.29, 1.82) is 0 Å². The Labute approximate surface area is 109 Å². The second-order valence-electron chi connectivity index (χ2n) is 4.23. The zero-order valence-electron chi connectivity index (χ0n) is 10.2. The molecular weight excluding hydrogens is 256 g/mol. The third-order valence-electron chi connectivity index (χ3n) is 2.88. The van der Waals surface area contributed by atoms with Gasteiger partial charge in [-0.3, -0.25) is 9.59 Å². The molecule has 4 nitrogen and oxygen atoms in total. The SMILES string of the molecule is O=C(CN1CCOCCC1=O)c1ccc(F)cc1F. The minimum absolute atomic E-state index is 0.201. The van der Waals surface area contributed by atoms with Crippen LogP contribution in [0.3, 0.4) is 0 Å². The van der Waals surface area contributed by atoms with Crippen molar-refractivity contribution in [3.8, 4) is 0 Å². The van der Waals surface area contributed by atoms with E-state index in [4.69, 9.17) is 4.74 Å². The van der Waals surface area contributed by atoms with E-state index in [2.05, 4.69) is 0 Å². The largest absolute Gasteiger partial charge is 0.379 e. The van der Waals surface area contributed by atoms with E-state index in [0.29, 0.717) is 25.8 Å². The highest BCUT2D eigenvalue weighted by molar-refractivity contribution is 5.99. The average molecular weight is 269 g/mol. The predicted octanol–water partition coefficient (Wildman–Crippen LogP) is 1.40. The molecule has 2 rings (SSSR count). The van der Waals surface area contributed by atoms with E-state index in [0.717, 1.165) is 12.1 Å². The topological polar surface area (TPSA) is 46.6 Å². The highest BCUT2D eigenvalue weighted by Gasteiger charge is 2.21. The molecular formula is C13H13F2NO3. The van der Waals surface area contributed by atoms with Crippen LogP contribution in [-0.4, -0.2) is 42.9 Å². The van der Waals surface area contributed by atoms with Gasteiger partial charge in [0.05, 0.1) is 31.7 Å². The van der Waals surface area contributed by atoms with Crippen molar-refractivity contribution >= 4 is 11.7 Å². The minimum Gasteiger partial charge on any atom is -0.379 e. The average Bonchev–Trinajstić information content (AvgIpc) is 2.55. The molecule has 0 bridgehead atoms.